The maximum Gasteiger partial charge on any atom is 0.344 e. The largest absolute Gasteiger partial charge is 0.497 e. The molecule has 2 amide bonds. The van der Waals surface area contributed by atoms with E-state index in [0.29, 0.717) is 22.6 Å². The van der Waals surface area contributed by atoms with Gasteiger partial charge in [-0.15, -0.1) is 0 Å². The van der Waals surface area contributed by atoms with Crippen LogP contribution in [0.1, 0.15) is 29.3 Å². The van der Waals surface area contributed by atoms with E-state index in [4.69, 9.17) is 21.7 Å². The van der Waals surface area contributed by atoms with Gasteiger partial charge in [0.2, 0.25) is 0 Å². The normalized spacial score (nSPS) is 15.6. The minimum atomic E-state index is -1.08. The Morgan fingerprint density at radius 2 is 2.00 bits per heavy atom. The Balaban J connectivity index is 1.80. The quantitative estimate of drug-likeness (QED) is 0.444. The highest BCUT2D eigenvalue weighted by atomic mass is 32.2. The number of carbonyl (C=O) groups excluding carboxylic acids is 2. The third-order valence-corrected chi connectivity index (χ3v) is 5.76. The van der Waals surface area contributed by atoms with Crippen LogP contribution in [0.25, 0.3) is 6.08 Å². The summed E-state index contributed by atoms with van der Waals surface area (Å²) in [7, 11) is 1.49. The van der Waals surface area contributed by atoms with Crippen LogP contribution in [0.2, 0.25) is 0 Å². The first kappa shape index (κ1) is 23.3. The molecular weight excluding hydrogens is 452 g/mol. The third kappa shape index (κ3) is 5.27. The number of nitrogens with zero attached hydrogens (tertiary/aromatic N) is 1. The lowest BCUT2D eigenvalue weighted by Gasteiger charge is -2.16. The Bertz CT molecular complexity index is 1100. The van der Waals surface area contributed by atoms with Crippen molar-refractivity contribution in [3.05, 3.63) is 64.6 Å². The van der Waals surface area contributed by atoms with Gasteiger partial charge in [0.1, 0.15) is 11.5 Å². The number of carboxylic acids is 1. The second-order valence-corrected chi connectivity index (χ2v) is 8.26. The van der Waals surface area contributed by atoms with Crippen LogP contribution in [0.3, 0.4) is 0 Å². The number of amides is 2. The van der Waals surface area contributed by atoms with Gasteiger partial charge in [-0.1, -0.05) is 43.0 Å². The van der Waals surface area contributed by atoms with E-state index < -0.39 is 23.9 Å². The van der Waals surface area contributed by atoms with Crippen LogP contribution in [0.15, 0.2) is 53.4 Å². The first-order valence-electron chi connectivity index (χ1n) is 9.55. The monoisotopic (exact) mass is 472 g/mol. The highest BCUT2D eigenvalue weighted by Gasteiger charge is 2.34. The van der Waals surface area contributed by atoms with Gasteiger partial charge < -0.3 is 14.6 Å². The molecule has 1 saturated heterocycles. The summed E-state index contributed by atoms with van der Waals surface area (Å²) in [4.78, 5) is 37.0. The molecule has 10 heteroatoms. The molecular formula is C22H20N2O6S2. The molecule has 1 aliphatic rings. The summed E-state index contributed by atoms with van der Waals surface area (Å²) >= 11 is 6.28. The van der Waals surface area contributed by atoms with Crippen molar-refractivity contribution >= 4 is 52.2 Å². The molecule has 0 aliphatic carbocycles. The Kier molecular flexibility index (Phi) is 7.49. The number of hydrazine groups is 1. The van der Waals surface area contributed by atoms with E-state index in [1.54, 1.807) is 61.5 Å². The maximum absolute atomic E-state index is 12.9. The van der Waals surface area contributed by atoms with Gasteiger partial charge in [0, 0.05) is 11.1 Å². The number of thiocarbonyl (C=S) groups is 1. The predicted octanol–water partition coefficient (Wildman–Crippen LogP) is 3.48. The van der Waals surface area contributed by atoms with Crippen LogP contribution in [0.5, 0.6) is 11.5 Å². The van der Waals surface area contributed by atoms with Crippen molar-refractivity contribution in [3.63, 3.8) is 0 Å². The van der Waals surface area contributed by atoms with Crippen LogP contribution in [0.4, 0.5) is 0 Å². The lowest BCUT2D eigenvalue weighted by atomic mass is 10.1. The second kappa shape index (κ2) is 10.3. The highest BCUT2D eigenvalue weighted by molar-refractivity contribution is 8.26. The summed E-state index contributed by atoms with van der Waals surface area (Å²) in [5.74, 6) is -1.26. The molecule has 1 aliphatic heterocycles. The summed E-state index contributed by atoms with van der Waals surface area (Å²) in [6, 6.07) is 13.3. The Morgan fingerprint density at radius 3 is 2.69 bits per heavy atom. The minimum absolute atomic E-state index is 0.160. The van der Waals surface area contributed by atoms with Gasteiger partial charge in [-0.3, -0.25) is 15.0 Å². The number of carbonyl (C=O) groups is 3. The van der Waals surface area contributed by atoms with E-state index in [-0.39, 0.29) is 15.6 Å². The summed E-state index contributed by atoms with van der Waals surface area (Å²) in [6.07, 6.45) is 0.824. The van der Waals surface area contributed by atoms with Crippen LogP contribution in [-0.2, 0) is 9.59 Å². The van der Waals surface area contributed by atoms with Crippen molar-refractivity contribution in [2.45, 2.75) is 19.4 Å². The van der Waals surface area contributed by atoms with Crippen LogP contribution in [-0.4, -0.2) is 45.4 Å². The fraction of sp³-hybridized carbons (Fsp3) is 0.182. The molecule has 1 unspecified atom stereocenters. The number of hydrogen-bond donors (Lipinski definition) is 2. The summed E-state index contributed by atoms with van der Waals surface area (Å²) in [6.45, 7) is 1.71. The van der Waals surface area contributed by atoms with Crippen molar-refractivity contribution in [3.8, 4) is 11.5 Å². The highest BCUT2D eigenvalue weighted by Crippen LogP contribution is 2.33. The molecule has 32 heavy (non-hydrogen) atoms. The van der Waals surface area contributed by atoms with Gasteiger partial charge in [0.15, 0.2) is 10.4 Å². The zero-order valence-corrected chi connectivity index (χ0v) is 18.9. The average molecular weight is 473 g/mol. The van der Waals surface area contributed by atoms with Crippen LogP contribution < -0.4 is 14.9 Å². The molecule has 1 fully saturated rings. The Hall–Kier alpha value is -3.37. The van der Waals surface area contributed by atoms with Gasteiger partial charge in [-0.05, 0) is 49.0 Å². The van der Waals surface area contributed by atoms with Crippen molar-refractivity contribution in [1.82, 2.24) is 10.4 Å². The van der Waals surface area contributed by atoms with Gasteiger partial charge in [-0.25, -0.2) is 4.79 Å². The number of nitrogens with one attached hydrogen (secondary N) is 1. The molecule has 2 N–H and O–H groups in total. The van der Waals surface area contributed by atoms with Crippen molar-refractivity contribution < 1.29 is 29.0 Å². The predicted molar refractivity (Wildman–Crippen MR) is 124 cm³/mol. The molecule has 8 nitrogen and oxygen atoms in total. The number of thioether (sulfide) groups is 1. The standard InChI is InChI=1S/C22H20N2O6S2/c1-3-16(21(27)28)30-17-10-5-4-7-13(17)12-18-20(26)24(22(31)32-18)23-19(25)14-8-6-9-15(11-14)29-2/h4-12,16H,3H2,1-2H3,(H,23,25)(H,27,28)/b18-12+. The third-order valence-electron chi connectivity index (χ3n) is 4.46. The first-order valence-corrected chi connectivity index (χ1v) is 10.8. The Labute approximate surface area is 194 Å². The van der Waals surface area contributed by atoms with E-state index in [1.807, 2.05) is 0 Å². The SMILES string of the molecule is CCC(Oc1ccccc1/C=C1/SC(=S)N(NC(=O)c2cccc(OC)c2)C1=O)C(=O)O. The molecule has 0 aromatic heterocycles. The van der Waals surface area contributed by atoms with E-state index in [1.165, 1.54) is 7.11 Å². The number of methoxy groups -OCH3 is 1. The van der Waals surface area contributed by atoms with E-state index in [2.05, 4.69) is 5.43 Å². The molecule has 0 saturated carbocycles. The van der Waals surface area contributed by atoms with Gasteiger partial charge >= 0.3 is 5.97 Å². The Morgan fingerprint density at radius 1 is 1.25 bits per heavy atom. The topological polar surface area (TPSA) is 105 Å². The van der Waals surface area contributed by atoms with Crippen molar-refractivity contribution in [2.75, 3.05) is 7.11 Å². The zero-order valence-electron chi connectivity index (χ0n) is 17.2. The fourth-order valence-corrected chi connectivity index (χ4v) is 3.97. The molecule has 166 valence electrons. The lowest BCUT2D eigenvalue weighted by molar-refractivity contribution is -0.145. The molecule has 3 rings (SSSR count). The van der Waals surface area contributed by atoms with E-state index in [0.717, 1.165) is 16.8 Å². The number of ether oxygens (including phenoxy) is 2. The first-order chi connectivity index (χ1) is 15.3. The van der Waals surface area contributed by atoms with E-state index >= 15 is 0 Å². The molecule has 1 heterocycles. The second-order valence-electron chi connectivity index (χ2n) is 6.58. The number of carboxylic acid groups (broad SMARTS) is 1. The maximum atomic E-state index is 12.9. The fourth-order valence-electron chi connectivity index (χ4n) is 2.80. The number of hydrogen-bond acceptors (Lipinski definition) is 7. The average Bonchev–Trinajstić information content (AvgIpc) is 3.05. The van der Waals surface area contributed by atoms with Crippen LogP contribution >= 0.6 is 24.0 Å². The van der Waals surface area contributed by atoms with Crippen LogP contribution in [0, 0.1) is 0 Å². The van der Waals surface area contributed by atoms with Gasteiger partial charge in [0.25, 0.3) is 11.8 Å². The summed E-state index contributed by atoms with van der Waals surface area (Å²) in [5, 5.41) is 10.3. The van der Waals surface area contributed by atoms with Crippen molar-refractivity contribution in [2.24, 2.45) is 0 Å². The lowest BCUT2D eigenvalue weighted by Crippen LogP contribution is -2.44. The number of rotatable bonds is 8. The molecule has 1 atom stereocenters. The summed E-state index contributed by atoms with van der Waals surface area (Å²) in [5.41, 5.74) is 3.34. The number of para-hydroxylation sites is 1. The molecule has 2 aromatic rings. The number of benzene rings is 2. The molecule has 0 radical (unpaired) electrons. The van der Waals surface area contributed by atoms with E-state index in [9.17, 15) is 19.5 Å². The molecule has 0 bridgehead atoms. The molecule has 2 aromatic carbocycles. The summed E-state index contributed by atoms with van der Waals surface area (Å²) < 4.78 is 10.9. The van der Waals surface area contributed by atoms with Gasteiger partial charge in [0.05, 0.1) is 12.0 Å². The zero-order chi connectivity index (χ0) is 23.3. The minimum Gasteiger partial charge on any atom is -0.497 e. The molecule has 0 spiro atoms. The van der Waals surface area contributed by atoms with Crippen molar-refractivity contribution in [1.29, 1.82) is 0 Å². The smallest absolute Gasteiger partial charge is 0.344 e. The number of aliphatic carboxylic acids is 1. The van der Waals surface area contributed by atoms with Gasteiger partial charge in [-0.2, -0.15) is 5.01 Å².